The number of aromatic nitrogens is 1. The van der Waals surface area contributed by atoms with Crippen LogP contribution < -0.4 is 15.8 Å². The minimum atomic E-state index is 0.436. The second-order valence-electron chi connectivity index (χ2n) is 3.78. The zero-order valence-corrected chi connectivity index (χ0v) is 11.3. The van der Waals surface area contributed by atoms with Crippen molar-refractivity contribution < 1.29 is 9.47 Å². The average molecular weight is 266 g/mol. The largest absolute Gasteiger partial charge is 0.490 e. The van der Waals surface area contributed by atoms with Gasteiger partial charge in [-0.15, -0.1) is 0 Å². The van der Waals surface area contributed by atoms with Gasteiger partial charge in [0.1, 0.15) is 12.4 Å². The van der Waals surface area contributed by atoms with Crippen LogP contribution in [0.5, 0.6) is 5.75 Å². The van der Waals surface area contributed by atoms with E-state index in [9.17, 15) is 0 Å². The number of hydrogen-bond donors (Lipinski definition) is 2. The Kier molecular flexibility index (Phi) is 8.13. The number of hydrogen-bond acceptors (Lipinski definition) is 4. The number of nitrogens with zero attached hydrogens (tertiary/aromatic N) is 2. The highest BCUT2D eigenvalue weighted by Crippen LogP contribution is 2.04. The highest BCUT2D eigenvalue weighted by molar-refractivity contribution is 5.77. The summed E-state index contributed by atoms with van der Waals surface area (Å²) in [6.45, 7) is 5.22. The molecule has 19 heavy (non-hydrogen) atoms. The molecule has 1 heterocycles. The third-order valence-corrected chi connectivity index (χ3v) is 2.24. The molecule has 3 N–H and O–H groups in total. The van der Waals surface area contributed by atoms with Gasteiger partial charge in [0.15, 0.2) is 5.96 Å². The zero-order valence-electron chi connectivity index (χ0n) is 11.3. The second kappa shape index (κ2) is 10.1. The Morgan fingerprint density at radius 3 is 3.11 bits per heavy atom. The Morgan fingerprint density at radius 1 is 1.47 bits per heavy atom. The molecule has 0 aliphatic rings. The van der Waals surface area contributed by atoms with Gasteiger partial charge in [-0.2, -0.15) is 0 Å². The van der Waals surface area contributed by atoms with Crippen molar-refractivity contribution in [2.24, 2.45) is 10.7 Å². The number of ether oxygens (including phenoxy) is 2. The summed E-state index contributed by atoms with van der Waals surface area (Å²) in [6.07, 6.45) is 4.26. The van der Waals surface area contributed by atoms with E-state index in [0.29, 0.717) is 25.7 Å². The van der Waals surface area contributed by atoms with Crippen LogP contribution >= 0.6 is 0 Å². The van der Waals surface area contributed by atoms with E-state index in [4.69, 9.17) is 15.2 Å². The first kappa shape index (κ1) is 15.2. The van der Waals surface area contributed by atoms with Crippen LogP contribution in [0, 0.1) is 0 Å². The molecule has 1 aromatic rings. The quantitative estimate of drug-likeness (QED) is 0.392. The molecule has 0 radical (unpaired) electrons. The van der Waals surface area contributed by atoms with Crippen molar-refractivity contribution in [3.8, 4) is 5.75 Å². The standard InChI is InChI=1S/C13H22N4O2/c1-2-18-9-4-7-16-13(14)17-8-10-19-12-5-3-6-15-11-12/h3,5-6,11H,2,4,7-10H2,1H3,(H3,14,16,17). The van der Waals surface area contributed by atoms with Gasteiger partial charge in [-0.1, -0.05) is 0 Å². The molecule has 0 aromatic carbocycles. The molecule has 6 heteroatoms. The summed E-state index contributed by atoms with van der Waals surface area (Å²) in [6, 6.07) is 3.69. The van der Waals surface area contributed by atoms with E-state index in [1.807, 2.05) is 19.1 Å². The van der Waals surface area contributed by atoms with E-state index in [1.165, 1.54) is 0 Å². The first-order chi connectivity index (χ1) is 9.33. The lowest BCUT2D eigenvalue weighted by molar-refractivity contribution is 0.146. The molecule has 106 valence electrons. The van der Waals surface area contributed by atoms with E-state index in [2.05, 4.69) is 15.3 Å². The van der Waals surface area contributed by atoms with Crippen LogP contribution in [0.2, 0.25) is 0 Å². The summed E-state index contributed by atoms with van der Waals surface area (Å²) in [5.41, 5.74) is 5.70. The topological polar surface area (TPSA) is 81.8 Å². The van der Waals surface area contributed by atoms with Crippen molar-refractivity contribution in [2.75, 3.05) is 32.9 Å². The first-order valence-electron chi connectivity index (χ1n) is 6.47. The van der Waals surface area contributed by atoms with Crippen molar-refractivity contribution in [3.63, 3.8) is 0 Å². The van der Waals surface area contributed by atoms with Gasteiger partial charge in [-0.3, -0.25) is 9.98 Å². The van der Waals surface area contributed by atoms with Gasteiger partial charge in [0.25, 0.3) is 0 Å². The Labute approximate surface area is 114 Å². The first-order valence-corrected chi connectivity index (χ1v) is 6.47. The van der Waals surface area contributed by atoms with Gasteiger partial charge in [0.05, 0.1) is 12.7 Å². The molecular weight excluding hydrogens is 244 g/mol. The molecule has 1 rings (SSSR count). The van der Waals surface area contributed by atoms with Crippen molar-refractivity contribution in [1.82, 2.24) is 10.3 Å². The monoisotopic (exact) mass is 266 g/mol. The van der Waals surface area contributed by atoms with E-state index < -0.39 is 0 Å². The maximum atomic E-state index is 5.70. The fourth-order valence-electron chi connectivity index (χ4n) is 1.35. The van der Waals surface area contributed by atoms with Crippen LogP contribution in [0.3, 0.4) is 0 Å². The molecule has 6 nitrogen and oxygen atoms in total. The Bertz CT molecular complexity index is 357. The second-order valence-corrected chi connectivity index (χ2v) is 3.78. The molecule has 0 fully saturated rings. The summed E-state index contributed by atoms with van der Waals surface area (Å²) in [5.74, 6) is 1.18. The SMILES string of the molecule is CCOCCCN=C(N)NCCOc1cccnc1. The van der Waals surface area contributed by atoms with Crippen LogP contribution in [0.25, 0.3) is 0 Å². The molecule has 0 aliphatic carbocycles. The Morgan fingerprint density at radius 2 is 2.37 bits per heavy atom. The molecular formula is C13H22N4O2. The summed E-state index contributed by atoms with van der Waals surface area (Å²) < 4.78 is 10.7. The minimum absolute atomic E-state index is 0.436. The Hall–Kier alpha value is -1.82. The lowest BCUT2D eigenvalue weighted by Gasteiger charge is -2.07. The molecule has 0 atom stereocenters. The predicted octanol–water partition coefficient (Wildman–Crippen LogP) is 0.791. The number of aliphatic imine (C=N–C) groups is 1. The predicted molar refractivity (Wildman–Crippen MR) is 75.3 cm³/mol. The summed E-state index contributed by atoms with van der Waals surface area (Å²) >= 11 is 0. The van der Waals surface area contributed by atoms with Crippen LogP contribution in [0.15, 0.2) is 29.5 Å². The molecule has 0 spiro atoms. The Balaban J connectivity index is 2.03. The van der Waals surface area contributed by atoms with E-state index in [1.54, 1.807) is 12.4 Å². The lowest BCUT2D eigenvalue weighted by atomic mass is 10.4. The summed E-state index contributed by atoms with van der Waals surface area (Å²) in [4.78, 5) is 8.13. The maximum Gasteiger partial charge on any atom is 0.188 e. The van der Waals surface area contributed by atoms with Crippen LogP contribution in [0.4, 0.5) is 0 Å². The minimum Gasteiger partial charge on any atom is -0.490 e. The fourth-order valence-corrected chi connectivity index (χ4v) is 1.35. The van der Waals surface area contributed by atoms with E-state index in [-0.39, 0.29) is 0 Å². The van der Waals surface area contributed by atoms with Crippen molar-refractivity contribution >= 4 is 5.96 Å². The molecule has 0 unspecified atom stereocenters. The molecule has 1 aromatic heterocycles. The number of guanidine groups is 1. The summed E-state index contributed by atoms with van der Waals surface area (Å²) in [5, 5.41) is 2.99. The fraction of sp³-hybridized carbons (Fsp3) is 0.538. The third-order valence-electron chi connectivity index (χ3n) is 2.24. The van der Waals surface area contributed by atoms with E-state index in [0.717, 1.165) is 25.4 Å². The smallest absolute Gasteiger partial charge is 0.188 e. The number of pyridine rings is 1. The van der Waals surface area contributed by atoms with Crippen molar-refractivity contribution in [3.05, 3.63) is 24.5 Å². The van der Waals surface area contributed by atoms with Gasteiger partial charge in [-0.05, 0) is 25.5 Å². The van der Waals surface area contributed by atoms with Crippen molar-refractivity contribution in [2.45, 2.75) is 13.3 Å². The number of nitrogens with two attached hydrogens (primary N) is 1. The van der Waals surface area contributed by atoms with E-state index >= 15 is 0 Å². The molecule has 0 amide bonds. The van der Waals surface area contributed by atoms with Gasteiger partial charge < -0.3 is 20.5 Å². The highest BCUT2D eigenvalue weighted by Gasteiger charge is 1.94. The van der Waals surface area contributed by atoms with Gasteiger partial charge >= 0.3 is 0 Å². The average Bonchev–Trinajstić information content (AvgIpc) is 2.44. The normalized spacial score (nSPS) is 11.3. The molecule has 0 bridgehead atoms. The van der Waals surface area contributed by atoms with Gasteiger partial charge in [-0.25, -0.2) is 0 Å². The zero-order chi connectivity index (χ0) is 13.8. The summed E-state index contributed by atoms with van der Waals surface area (Å²) in [7, 11) is 0. The van der Waals surface area contributed by atoms with Crippen LogP contribution in [0.1, 0.15) is 13.3 Å². The lowest BCUT2D eigenvalue weighted by Crippen LogP contribution is -2.34. The highest BCUT2D eigenvalue weighted by atomic mass is 16.5. The molecule has 0 aliphatic heterocycles. The third kappa shape index (κ3) is 7.99. The van der Waals surface area contributed by atoms with Gasteiger partial charge in [0.2, 0.25) is 0 Å². The number of rotatable bonds is 9. The molecule has 0 saturated heterocycles. The number of nitrogens with one attached hydrogen (secondary N) is 1. The molecule has 0 saturated carbocycles. The van der Waals surface area contributed by atoms with Crippen molar-refractivity contribution in [1.29, 1.82) is 0 Å². The van der Waals surface area contributed by atoms with Crippen LogP contribution in [-0.2, 0) is 4.74 Å². The van der Waals surface area contributed by atoms with Crippen LogP contribution in [-0.4, -0.2) is 43.9 Å². The maximum absolute atomic E-state index is 5.70. The van der Waals surface area contributed by atoms with Gasteiger partial charge in [0, 0.05) is 26.0 Å².